The number of benzene rings is 1. The highest BCUT2D eigenvalue weighted by Gasteiger charge is 2.32. The summed E-state index contributed by atoms with van der Waals surface area (Å²) in [6.45, 7) is -0.230. The van der Waals surface area contributed by atoms with E-state index >= 15 is 0 Å². The zero-order valence-corrected chi connectivity index (χ0v) is 15.5. The van der Waals surface area contributed by atoms with Gasteiger partial charge in [0.25, 0.3) is 5.91 Å². The highest BCUT2D eigenvalue weighted by molar-refractivity contribution is 8.26. The quantitative estimate of drug-likeness (QED) is 0.562. The second-order valence-corrected chi connectivity index (χ2v) is 7.21. The Balaban J connectivity index is 1.85. The summed E-state index contributed by atoms with van der Waals surface area (Å²) in [5.74, 6) is -1.19. The van der Waals surface area contributed by atoms with Gasteiger partial charge in [0.05, 0.1) is 11.4 Å². The molecule has 1 aromatic carbocycles. The topological polar surface area (TPSA) is 100.0 Å². The molecule has 3 rings (SSSR count). The Hall–Kier alpha value is -2.91. The van der Waals surface area contributed by atoms with Crippen molar-refractivity contribution in [3.05, 3.63) is 58.8 Å². The summed E-state index contributed by atoms with van der Waals surface area (Å²) >= 11 is 6.43. The largest absolute Gasteiger partial charge is 0.508 e. The number of amides is 1. The molecule has 0 aliphatic carbocycles. The van der Waals surface area contributed by atoms with E-state index in [0.29, 0.717) is 21.3 Å². The maximum atomic E-state index is 12.7. The number of carboxylic acid groups (broad SMARTS) is 1. The van der Waals surface area contributed by atoms with Crippen molar-refractivity contribution < 1.29 is 24.5 Å². The Bertz CT molecular complexity index is 931. The van der Waals surface area contributed by atoms with Gasteiger partial charge in [0, 0.05) is 18.0 Å². The molecule has 0 saturated carbocycles. The van der Waals surface area contributed by atoms with Crippen LogP contribution in [0.3, 0.4) is 0 Å². The Morgan fingerprint density at radius 2 is 2.19 bits per heavy atom. The van der Waals surface area contributed by atoms with Crippen molar-refractivity contribution in [2.75, 3.05) is 6.61 Å². The van der Waals surface area contributed by atoms with Gasteiger partial charge in [-0.25, -0.2) is 4.79 Å². The van der Waals surface area contributed by atoms with Crippen molar-refractivity contribution in [1.29, 1.82) is 0 Å². The number of nitrogens with zero attached hydrogens (tertiary/aromatic N) is 2. The van der Waals surface area contributed by atoms with Crippen molar-refractivity contribution in [2.24, 2.45) is 0 Å². The van der Waals surface area contributed by atoms with Crippen molar-refractivity contribution in [2.45, 2.75) is 6.54 Å². The van der Waals surface area contributed by atoms with Crippen LogP contribution in [0.25, 0.3) is 6.08 Å². The van der Waals surface area contributed by atoms with Gasteiger partial charge in [-0.15, -0.1) is 0 Å². The van der Waals surface area contributed by atoms with Crippen LogP contribution in [-0.2, 0) is 16.1 Å². The second-order valence-electron chi connectivity index (χ2n) is 5.53. The molecule has 27 heavy (non-hydrogen) atoms. The molecule has 1 fully saturated rings. The van der Waals surface area contributed by atoms with Gasteiger partial charge in [-0.1, -0.05) is 30.0 Å². The normalized spacial score (nSPS) is 15.4. The number of carboxylic acids is 1. The molecule has 0 atom stereocenters. The number of hydrogen-bond donors (Lipinski definition) is 2. The summed E-state index contributed by atoms with van der Waals surface area (Å²) in [4.78, 5) is 29.3. The lowest BCUT2D eigenvalue weighted by Gasteiger charge is -2.14. The number of aliphatic carboxylic acids is 1. The third-order valence-electron chi connectivity index (χ3n) is 3.57. The molecule has 0 radical (unpaired) electrons. The summed E-state index contributed by atoms with van der Waals surface area (Å²) < 4.78 is 5.62. The van der Waals surface area contributed by atoms with Gasteiger partial charge in [0.2, 0.25) is 0 Å². The van der Waals surface area contributed by atoms with Gasteiger partial charge in [-0.2, -0.15) is 0 Å². The van der Waals surface area contributed by atoms with E-state index in [1.807, 2.05) is 6.07 Å². The molecular weight excluding hydrogens is 388 g/mol. The number of phenolic OH excluding ortho intramolecular Hbond substituents is 1. The monoisotopic (exact) mass is 402 g/mol. The number of carbonyl (C=O) groups excluding carboxylic acids is 1. The first-order valence-electron chi connectivity index (χ1n) is 7.76. The number of aromatic nitrogens is 1. The van der Waals surface area contributed by atoms with Crippen molar-refractivity contribution in [3.8, 4) is 11.5 Å². The fourth-order valence-corrected chi connectivity index (χ4v) is 3.62. The molecule has 2 heterocycles. The molecule has 1 aliphatic heterocycles. The van der Waals surface area contributed by atoms with Crippen LogP contribution in [0.2, 0.25) is 0 Å². The van der Waals surface area contributed by atoms with Crippen molar-refractivity contribution in [3.63, 3.8) is 0 Å². The van der Waals surface area contributed by atoms with Gasteiger partial charge < -0.3 is 14.9 Å². The van der Waals surface area contributed by atoms with Crippen LogP contribution in [-0.4, -0.2) is 42.9 Å². The number of carbonyl (C=O) groups is 2. The molecule has 9 heteroatoms. The van der Waals surface area contributed by atoms with Crippen LogP contribution in [0.4, 0.5) is 0 Å². The highest BCUT2D eigenvalue weighted by atomic mass is 32.2. The van der Waals surface area contributed by atoms with Crippen LogP contribution in [0.1, 0.15) is 11.1 Å². The van der Waals surface area contributed by atoms with Crippen molar-refractivity contribution >= 4 is 46.3 Å². The minimum atomic E-state index is -1.13. The number of thioether (sulfide) groups is 1. The molecule has 0 bridgehead atoms. The third kappa shape index (κ3) is 4.63. The minimum absolute atomic E-state index is 0.0326. The molecule has 0 spiro atoms. The zero-order valence-electron chi connectivity index (χ0n) is 13.9. The highest BCUT2D eigenvalue weighted by Crippen LogP contribution is 2.36. The Kier molecular flexibility index (Phi) is 5.72. The number of thiocarbonyl (C=S) groups is 1. The minimum Gasteiger partial charge on any atom is -0.508 e. The number of rotatable bonds is 6. The van der Waals surface area contributed by atoms with Gasteiger partial charge in [-0.3, -0.25) is 14.7 Å². The molecule has 7 nitrogen and oxygen atoms in total. The number of hydrogen-bond acceptors (Lipinski definition) is 7. The lowest BCUT2D eigenvalue weighted by Crippen LogP contribution is -2.27. The van der Waals surface area contributed by atoms with E-state index in [9.17, 15) is 14.7 Å². The van der Waals surface area contributed by atoms with E-state index in [0.717, 1.165) is 17.3 Å². The van der Waals surface area contributed by atoms with Crippen molar-refractivity contribution in [1.82, 2.24) is 9.88 Å². The van der Waals surface area contributed by atoms with E-state index in [-0.39, 0.29) is 17.4 Å². The molecule has 1 saturated heterocycles. The SMILES string of the molecule is O=C(O)COc1ccc(O)cc1/C=C1\SC(=S)N(Cc2cccnc2)C1=O. The van der Waals surface area contributed by atoms with Crippen LogP contribution >= 0.6 is 24.0 Å². The van der Waals surface area contributed by atoms with E-state index in [1.165, 1.54) is 29.2 Å². The molecular formula is C18H14N2O5S2. The molecule has 0 unspecified atom stereocenters. The third-order valence-corrected chi connectivity index (χ3v) is 4.95. The van der Waals surface area contributed by atoms with Crippen LogP contribution < -0.4 is 4.74 Å². The van der Waals surface area contributed by atoms with Crippen LogP contribution in [0.15, 0.2) is 47.6 Å². The summed E-state index contributed by atoms with van der Waals surface area (Å²) in [5.41, 5.74) is 1.23. The maximum absolute atomic E-state index is 12.7. The Labute approximate surface area is 164 Å². The average Bonchev–Trinajstić information content (AvgIpc) is 2.89. The molecule has 1 aromatic heterocycles. The van der Waals surface area contributed by atoms with Gasteiger partial charge in [0.15, 0.2) is 6.61 Å². The van der Waals surface area contributed by atoms with Gasteiger partial charge >= 0.3 is 5.97 Å². The van der Waals surface area contributed by atoms with Gasteiger partial charge in [-0.05, 0) is 35.9 Å². The summed E-state index contributed by atoms with van der Waals surface area (Å²) in [6, 6.07) is 7.84. The first-order chi connectivity index (χ1) is 12.9. The Morgan fingerprint density at radius 3 is 2.89 bits per heavy atom. The number of aromatic hydroxyl groups is 1. The zero-order chi connectivity index (χ0) is 19.4. The lowest BCUT2D eigenvalue weighted by atomic mass is 10.1. The molecule has 138 valence electrons. The first-order valence-corrected chi connectivity index (χ1v) is 8.98. The second kappa shape index (κ2) is 8.19. The van der Waals surface area contributed by atoms with E-state index in [1.54, 1.807) is 18.5 Å². The number of ether oxygens (including phenoxy) is 1. The summed E-state index contributed by atoms with van der Waals surface area (Å²) in [6.07, 6.45) is 4.84. The lowest BCUT2D eigenvalue weighted by molar-refractivity contribution is -0.139. The molecule has 1 aliphatic rings. The number of phenols is 1. The maximum Gasteiger partial charge on any atom is 0.341 e. The molecule has 2 N–H and O–H groups in total. The fourth-order valence-electron chi connectivity index (χ4n) is 2.37. The van der Waals surface area contributed by atoms with Gasteiger partial charge in [0.1, 0.15) is 15.8 Å². The Morgan fingerprint density at radius 1 is 1.37 bits per heavy atom. The summed E-state index contributed by atoms with van der Waals surface area (Å²) in [5, 5.41) is 18.5. The van der Waals surface area contributed by atoms with E-state index in [4.69, 9.17) is 22.1 Å². The molecule has 2 aromatic rings. The van der Waals surface area contributed by atoms with Crippen LogP contribution in [0, 0.1) is 0 Å². The predicted octanol–water partition coefficient (Wildman–Crippen LogP) is 2.65. The fraction of sp³-hybridized carbons (Fsp3) is 0.111. The van der Waals surface area contributed by atoms with Crippen LogP contribution in [0.5, 0.6) is 11.5 Å². The number of pyridine rings is 1. The van der Waals surface area contributed by atoms with E-state index in [2.05, 4.69) is 4.98 Å². The predicted molar refractivity (Wildman–Crippen MR) is 104 cm³/mol. The summed E-state index contributed by atoms with van der Waals surface area (Å²) in [7, 11) is 0. The average molecular weight is 402 g/mol. The molecule has 1 amide bonds. The smallest absolute Gasteiger partial charge is 0.341 e. The van der Waals surface area contributed by atoms with E-state index < -0.39 is 12.6 Å². The standard InChI is InChI=1S/C18H14N2O5S2/c21-13-3-4-14(25-10-16(22)23)12(6-13)7-15-17(24)20(18(26)27-15)9-11-2-1-5-19-8-11/h1-8,21H,9-10H2,(H,22,23)/b15-7-. The first kappa shape index (κ1) is 18.9.